The number of anilines is 1. The SMILES string of the molecule is CC(O)CN=C1Cc2c(/C(Cc3ccc(F)c(Cl)c3)=N/O)cc(F)c(F)c2N1. The number of rotatable bonds is 5. The van der Waals surface area contributed by atoms with Crippen LogP contribution in [0, 0.1) is 17.5 Å². The molecule has 1 atom stereocenters. The molecule has 0 saturated heterocycles. The number of aliphatic hydroxyl groups excluding tert-OH is 1. The van der Waals surface area contributed by atoms with E-state index in [2.05, 4.69) is 15.5 Å². The Morgan fingerprint density at radius 1 is 1.25 bits per heavy atom. The Morgan fingerprint density at radius 3 is 2.64 bits per heavy atom. The first kappa shape index (κ1) is 20.2. The summed E-state index contributed by atoms with van der Waals surface area (Å²) in [6.07, 6.45) is -0.511. The van der Waals surface area contributed by atoms with E-state index in [-0.39, 0.29) is 41.4 Å². The average Bonchev–Trinajstić information content (AvgIpc) is 3.08. The summed E-state index contributed by atoms with van der Waals surface area (Å²) in [5.41, 5.74) is 1.09. The van der Waals surface area contributed by atoms with Crippen molar-refractivity contribution in [2.75, 3.05) is 11.9 Å². The number of halogens is 4. The Hall–Kier alpha value is -2.58. The summed E-state index contributed by atoms with van der Waals surface area (Å²) in [5, 5.41) is 24.7. The fourth-order valence-electron chi connectivity index (χ4n) is 2.96. The lowest BCUT2D eigenvalue weighted by Crippen LogP contribution is -2.12. The normalized spacial score (nSPS) is 16.2. The molecule has 1 heterocycles. The van der Waals surface area contributed by atoms with Crippen LogP contribution in [0.1, 0.15) is 23.6 Å². The first-order valence-electron chi connectivity index (χ1n) is 8.44. The maximum Gasteiger partial charge on any atom is 0.182 e. The molecule has 0 spiro atoms. The maximum atomic E-state index is 14.2. The fourth-order valence-corrected chi connectivity index (χ4v) is 3.16. The summed E-state index contributed by atoms with van der Waals surface area (Å²) in [7, 11) is 0. The van der Waals surface area contributed by atoms with E-state index in [0.29, 0.717) is 17.0 Å². The van der Waals surface area contributed by atoms with Gasteiger partial charge in [0.15, 0.2) is 11.6 Å². The van der Waals surface area contributed by atoms with Gasteiger partial charge in [-0.05, 0) is 36.2 Å². The highest BCUT2D eigenvalue weighted by atomic mass is 35.5. The molecule has 0 aromatic heterocycles. The van der Waals surface area contributed by atoms with Gasteiger partial charge in [-0.1, -0.05) is 22.8 Å². The van der Waals surface area contributed by atoms with Crippen molar-refractivity contribution in [2.24, 2.45) is 10.1 Å². The lowest BCUT2D eigenvalue weighted by Gasteiger charge is -2.11. The van der Waals surface area contributed by atoms with Crippen LogP contribution in [0.4, 0.5) is 18.9 Å². The van der Waals surface area contributed by atoms with Crippen LogP contribution in [-0.4, -0.2) is 34.5 Å². The van der Waals surface area contributed by atoms with Gasteiger partial charge in [0, 0.05) is 18.4 Å². The first-order chi connectivity index (χ1) is 13.3. The van der Waals surface area contributed by atoms with Crippen molar-refractivity contribution in [3.05, 3.63) is 63.4 Å². The van der Waals surface area contributed by atoms with Crippen LogP contribution in [0.25, 0.3) is 0 Å². The summed E-state index contributed by atoms with van der Waals surface area (Å²) < 4.78 is 41.7. The monoisotopic (exact) mass is 411 g/mol. The Bertz CT molecular complexity index is 977. The van der Waals surface area contributed by atoms with Gasteiger partial charge in [0.2, 0.25) is 0 Å². The van der Waals surface area contributed by atoms with Crippen molar-refractivity contribution in [1.82, 2.24) is 0 Å². The smallest absolute Gasteiger partial charge is 0.182 e. The molecule has 3 rings (SSSR count). The molecular formula is C19H17ClF3N3O2. The van der Waals surface area contributed by atoms with Crippen molar-refractivity contribution in [2.45, 2.75) is 25.9 Å². The molecule has 3 N–H and O–H groups in total. The molecular weight excluding hydrogens is 395 g/mol. The zero-order valence-corrected chi connectivity index (χ0v) is 15.6. The lowest BCUT2D eigenvalue weighted by atomic mass is 9.95. The van der Waals surface area contributed by atoms with Crippen LogP contribution in [0.5, 0.6) is 0 Å². The van der Waals surface area contributed by atoms with Crippen LogP contribution < -0.4 is 5.32 Å². The third-order valence-electron chi connectivity index (χ3n) is 4.27. The molecule has 28 heavy (non-hydrogen) atoms. The molecule has 5 nitrogen and oxygen atoms in total. The molecule has 0 saturated carbocycles. The Labute approximate surface area is 164 Å². The Morgan fingerprint density at radius 2 is 2.00 bits per heavy atom. The predicted molar refractivity (Wildman–Crippen MR) is 101 cm³/mol. The quantitative estimate of drug-likeness (QED) is 0.396. The van der Waals surface area contributed by atoms with Gasteiger partial charge in [-0.15, -0.1) is 0 Å². The number of hydrogen-bond donors (Lipinski definition) is 3. The first-order valence-corrected chi connectivity index (χ1v) is 8.82. The maximum absolute atomic E-state index is 14.2. The van der Waals surface area contributed by atoms with E-state index in [9.17, 15) is 23.5 Å². The standard InChI is InChI=1S/C19H17ClF3N3O2/c1-9(27)8-24-17-7-12-11(6-15(22)18(23)19(12)25-17)16(26-28)5-10-2-3-14(21)13(20)4-10/h2-4,6,9,27-28H,5,7-8H2,1H3,(H,24,25)/b26-16+. The Kier molecular flexibility index (Phi) is 5.90. The summed E-state index contributed by atoms with van der Waals surface area (Å²) >= 11 is 5.77. The molecule has 0 amide bonds. The van der Waals surface area contributed by atoms with E-state index in [1.165, 1.54) is 18.2 Å². The Balaban J connectivity index is 1.98. The zero-order valence-electron chi connectivity index (χ0n) is 14.8. The summed E-state index contributed by atoms with van der Waals surface area (Å²) in [6.45, 7) is 1.66. The van der Waals surface area contributed by atoms with Gasteiger partial charge in [-0.2, -0.15) is 0 Å². The third kappa shape index (κ3) is 4.13. The van der Waals surface area contributed by atoms with Crippen LogP contribution in [0.3, 0.4) is 0 Å². The van der Waals surface area contributed by atoms with E-state index < -0.39 is 23.6 Å². The molecule has 0 fully saturated rings. The number of oxime groups is 1. The van der Waals surface area contributed by atoms with Gasteiger partial charge in [0.1, 0.15) is 11.7 Å². The highest BCUT2D eigenvalue weighted by Gasteiger charge is 2.28. The van der Waals surface area contributed by atoms with Gasteiger partial charge >= 0.3 is 0 Å². The predicted octanol–water partition coefficient (Wildman–Crippen LogP) is 3.93. The van der Waals surface area contributed by atoms with Crippen LogP contribution >= 0.6 is 11.6 Å². The van der Waals surface area contributed by atoms with Gasteiger partial charge in [0.25, 0.3) is 0 Å². The second kappa shape index (κ2) is 8.20. The van der Waals surface area contributed by atoms with Crippen LogP contribution in [0.2, 0.25) is 5.02 Å². The van der Waals surface area contributed by atoms with E-state index in [4.69, 9.17) is 11.6 Å². The molecule has 1 unspecified atom stereocenters. The molecule has 148 valence electrons. The largest absolute Gasteiger partial charge is 0.411 e. The number of benzene rings is 2. The number of hydrogen-bond acceptors (Lipinski definition) is 4. The number of aliphatic hydroxyl groups is 1. The number of aliphatic imine (C=N–C) groups is 1. The number of amidine groups is 1. The fraction of sp³-hybridized carbons (Fsp3) is 0.263. The van der Waals surface area contributed by atoms with E-state index >= 15 is 0 Å². The third-order valence-corrected chi connectivity index (χ3v) is 4.56. The molecule has 0 bridgehead atoms. The van der Waals surface area contributed by atoms with Crippen molar-refractivity contribution in [3.8, 4) is 0 Å². The van der Waals surface area contributed by atoms with E-state index in [1.807, 2.05) is 0 Å². The number of nitrogens with one attached hydrogen (secondary N) is 1. The number of nitrogens with zero attached hydrogens (tertiary/aromatic N) is 2. The van der Waals surface area contributed by atoms with Crippen molar-refractivity contribution in [3.63, 3.8) is 0 Å². The molecule has 1 aliphatic rings. The minimum absolute atomic E-state index is 0.0220. The second-order valence-corrected chi connectivity index (χ2v) is 6.89. The van der Waals surface area contributed by atoms with Crippen molar-refractivity contribution >= 4 is 28.8 Å². The van der Waals surface area contributed by atoms with Crippen LogP contribution in [-0.2, 0) is 12.8 Å². The summed E-state index contributed by atoms with van der Waals surface area (Å²) in [4.78, 5) is 4.14. The van der Waals surface area contributed by atoms with E-state index in [1.54, 1.807) is 6.92 Å². The van der Waals surface area contributed by atoms with Crippen molar-refractivity contribution < 1.29 is 23.5 Å². The lowest BCUT2D eigenvalue weighted by molar-refractivity contribution is 0.204. The van der Waals surface area contributed by atoms with Gasteiger partial charge in [-0.25, -0.2) is 13.2 Å². The van der Waals surface area contributed by atoms with Crippen LogP contribution in [0.15, 0.2) is 34.4 Å². The van der Waals surface area contributed by atoms with E-state index in [0.717, 1.165) is 6.07 Å². The molecule has 0 radical (unpaired) electrons. The molecule has 9 heteroatoms. The molecule has 0 aliphatic carbocycles. The highest BCUT2D eigenvalue weighted by Crippen LogP contribution is 2.33. The second-order valence-electron chi connectivity index (χ2n) is 6.48. The minimum atomic E-state index is -1.11. The van der Waals surface area contributed by atoms with Gasteiger partial charge < -0.3 is 15.6 Å². The van der Waals surface area contributed by atoms with Gasteiger partial charge in [-0.3, -0.25) is 4.99 Å². The summed E-state index contributed by atoms with van der Waals surface area (Å²) in [5.74, 6) is -2.41. The zero-order chi connectivity index (χ0) is 20.4. The average molecular weight is 412 g/mol. The topological polar surface area (TPSA) is 77.2 Å². The minimum Gasteiger partial charge on any atom is -0.411 e. The van der Waals surface area contributed by atoms with Gasteiger partial charge in [0.05, 0.1) is 29.1 Å². The molecule has 2 aromatic carbocycles. The van der Waals surface area contributed by atoms with Crippen molar-refractivity contribution in [1.29, 1.82) is 0 Å². The number of fused-ring (bicyclic) bond motifs is 1. The summed E-state index contributed by atoms with van der Waals surface area (Å²) in [6, 6.07) is 4.95. The highest BCUT2D eigenvalue weighted by molar-refractivity contribution is 6.30. The molecule has 1 aliphatic heterocycles. The molecule has 2 aromatic rings.